The highest BCUT2D eigenvalue weighted by atomic mass is 16.1. The molecule has 2 nitrogen and oxygen atoms in total. The second-order valence-corrected chi connectivity index (χ2v) is 5.52. The first-order valence-corrected chi connectivity index (χ1v) is 6.64. The zero-order valence-corrected chi connectivity index (χ0v) is 9.45. The van der Waals surface area contributed by atoms with E-state index >= 15 is 0 Å². The van der Waals surface area contributed by atoms with E-state index in [0.717, 1.165) is 0 Å². The summed E-state index contributed by atoms with van der Waals surface area (Å²) in [5, 5.41) is 0. The average molecular weight is 207 g/mol. The van der Waals surface area contributed by atoms with E-state index in [-0.39, 0.29) is 0 Å². The predicted molar refractivity (Wildman–Crippen MR) is 59.7 cm³/mol. The number of carbonyl (C=O) groups is 1. The summed E-state index contributed by atoms with van der Waals surface area (Å²) >= 11 is 0. The Bertz CT molecular complexity index is 257. The molecule has 0 amide bonds. The van der Waals surface area contributed by atoms with Crippen LogP contribution in [-0.2, 0) is 4.79 Å². The van der Waals surface area contributed by atoms with Crippen LogP contribution in [0.2, 0.25) is 0 Å². The SMILES string of the molecule is O=C1[C@H]2CC[C@@H]1[C@@H](N1CCCCC1)CC2. The number of rotatable bonds is 1. The van der Waals surface area contributed by atoms with E-state index in [0.29, 0.717) is 23.7 Å². The van der Waals surface area contributed by atoms with Crippen molar-refractivity contribution in [3.63, 3.8) is 0 Å². The fourth-order valence-corrected chi connectivity index (χ4v) is 3.90. The van der Waals surface area contributed by atoms with Gasteiger partial charge in [-0.1, -0.05) is 6.42 Å². The van der Waals surface area contributed by atoms with Crippen molar-refractivity contribution in [1.82, 2.24) is 4.90 Å². The Hall–Kier alpha value is -0.370. The van der Waals surface area contributed by atoms with Gasteiger partial charge in [-0.2, -0.15) is 0 Å². The Morgan fingerprint density at radius 3 is 2.47 bits per heavy atom. The Morgan fingerprint density at radius 2 is 1.67 bits per heavy atom. The zero-order chi connectivity index (χ0) is 10.3. The van der Waals surface area contributed by atoms with Gasteiger partial charge in [0.25, 0.3) is 0 Å². The first-order chi connectivity index (χ1) is 7.36. The molecule has 15 heavy (non-hydrogen) atoms. The lowest BCUT2D eigenvalue weighted by Gasteiger charge is -2.39. The Balaban J connectivity index is 1.72. The molecule has 2 aliphatic carbocycles. The van der Waals surface area contributed by atoms with E-state index in [4.69, 9.17) is 0 Å². The minimum absolute atomic E-state index is 0.418. The van der Waals surface area contributed by atoms with Gasteiger partial charge in [0.2, 0.25) is 0 Å². The van der Waals surface area contributed by atoms with Crippen molar-refractivity contribution in [2.75, 3.05) is 13.1 Å². The van der Waals surface area contributed by atoms with Crippen molar-refractivity contribution in [3.8, 4) is 0 Å². The summed E-state index contributed by atoms with van der Waals surface area (Å²) in [6.07, 6.45) is 8.93. The second-order valence-electron chi connectivity index (χ2n) is 5.52. The Kier molecular flexibility index (Phi) is 2.55. The van der Waals surface area contributed by atoms with Gasteiger partial charge in [-0.15, -0.1) is 0 Å². The minimum atomic E-state index is 0.418. The summed E-state index contributed by atoms with van der Waals surface area (Å²) in [5.41, 5.74) is 0. The fourth-order valence-electron chi connectivity index (χ4n) is 3.90. The molecule has 84 valence electrons. The number of hydrogen-bond donors (Lipinski definition) is 0. The molecule has 0 N–H and O–H groups in total. The molecule has 2 heteroatoms. The normalized spacial score (nSPS) is 42.1. The van der Waals surface area contributed by atoms with E-state index < -0.39 is 0 Å². The van der Waals surface area contributed by atoms with Gasteiger partial charge in [-0.3, -0.25) is 9.69 Å². The quantitative estimate of drug-likeness (QED) is 0.657. The number of hydrogen-bond acceptors (Lipinski definition) is 2. The molecule has 3 atom stereocenters. The van der Waals surface area contributed by atoms with E-state index in [1.165, 1.54) is 58.0 Å². The largest absolute Gasteiger partial charge is 0.300 e. The average Bonchev–Trinajstić information content (AvgIpc) is 2.54. The van der Waals surface area contributed by atoms with Gasteiger partial charge in [-0.25, -0.2) is 0 Å². The fraction of sp³-hybridized carbons (Fsp3) is 0.923. The van der Waals surface area contributed by atoms with Gasteiger partial charge in [-0.05, 0) is 51.6 Å². The molecule has 0 aromatic carbocycles. The van der Waals surface area contributed by atoms with Crippen LogP contribution >= 0.6 is 0 Å². The third-order valence-corrected chi connectivity index (χ3v) is 4.73. The van der Waals surface area contributed by atoms with Crippen LogP contribution in [0, 0.1) is 11.8 Å². The maximum absolute atomic E-state index is 12.0. The zero-order valence-electron chi connectivity index (χ0n) is 9.45. The maximum Gasteiger partial charge on any atom is 0.140 e. The predicted octanol–water partition coefficient (Wildman–Crippen LogP) is 2.23. The van der Waals surface area contributed by atoms with Gasteiger partial charge in [0, 0.05) is 17.9 Å². The smallest absolute Gasteiger partial charge is 0.140 e. The standard InChI is InChI=1S/C13H21NO/c15-13-10-4-6-11(13)12(7-5-10)14-8-2-1-3-9-14/h10-12H,1-9H2/t10-,11+,12-/m0/s1. The van der Waals surface area contributed by atoms with Crippen molar-refractivity contribution in [2.24, 2.45) is 11.8 Å². The molecule has 1 aliphatic heterocycles. The van der Waals surface area contributed by atoms with Crippen LogP contribution in [0.5, 0.6) is 0 Å². The summed E-state index contributed by atoms with van der Waals surface area (Å²) in [6, 6.07) is 0.622. The van der Waals surface area contributed by atoms with Gasteiger partial charge < -0.3 is 0 Å². The summed E-state index contributed by atoms with van der Waals surface area (Å²) in [5.74, 6) is 1.48. The van der Waals surface area contributed by atoms with E-state index in [1.807, 2.05) is 0 Å². The van der Waals surface area contributed by atoms with Crippen LogP contribution in [-0.4, -0.2) is 29.8 Å². The van der Waals surface area contributed by atoms with Crippen LogP contribution in [0.4, 0.5) is 0 Å². The van der Waals surface area contributed by atoms with Crippen molar-refractivity contribution in [1.29, 1.82) is 0 Å². The summed E-state index contributed by atoms with van der Waals surface area (Å²) < 4.78 is 0. The molecule has 0 aromatic heterocycles. The molecule has 2 saturated carbocycles. The topological polar surface area (TPSA) is 20.3 Å². The lowest BCUT2D eigenvalue weighted by atomic mass is 9.82. The highest BCUT2D eigenvalue weighted by molar-refractivity contribution is 5.86. The number of carbonyl (C=O) groups excluding carboxylic acids is 1. The summed E-state index contributed by atoms with van der Waals surface area (Å²) in [7, 11) is 0. The number of fused-ring (bicyclic) bond motifs is 2. The molecule has 0 unspecified atom stereocenters. The minimum Gasteiger partial charge on any atom is -0.300 e. The van der Waals surface area contributed by atoms with Crippen molar-refractivity contribution < 1.29 is 4.79 Å². The number of ketones is 1. The summed E-state index contributed by atoms with van der Waals surface area (Å²) in [6.45, 7) is 2.50. The Morgan fingerprint density at radius 1 is 0.933 bits per heavy atom. The van der Waals surface area contributed by atoms with Gasteiger partial charge in [0.1, 0.15) is 5.78 Å². The van der Waals surface area contributed by atoms with Crippen LogP contribution in [0.1, 0.15) is 44.9 Å². The molecular weight excluding hydrogens is 186 g/mol. The lowest BCUT2D eigenvalue weighted by Crippen LogP contribution is -2.47. The Labute approximate surface area is 92.0 Å². The molecule has 1 saturated heterocycles. The monoisotopic (exact) mass is 207 g/mol. The van der Waals surface area contributed by atoms with E-state index in [1.54, 1.807) is 0 Å². The van der Waals surface area contributed by atoms with Crippen LogP contribution in [0.15, 0.2) is 0 Å². The lowest BCUT2D eigenvalue weighted by molar-refractivity contribution is -0.128. The first kappa shape index (κ1) is 9.83. The molecule has 3 aliphatic rings. The molecule has 1 heterocycles. The highest BCUT2D eigenvalue weighted by Gasteiger charge is 2.44. The molecule has 3 fully saturated rings. The summed E-state index contributed by atoms with van der Waals surface area (Å²) in [4.78, 5) is 14.6. The second kappa shape index (κ2) is 3.89. The van der Waals surface area contributed by atoms with Crippen molar-refractivity contribution >= 4 is 5.78 Å². The molecule has 2 bridgehead atoms. The molecular formula is C13H21NO. The third-order valence-electron chi connectivity index (χ3n) is 4.73. The molecule has 0 aromatic rings. The number of piperidine rings is 1. The van der Waals surface area contributed by atoms with Crippen molar-refractivity contribution in [3.05, 3.63) is 0 Å². The molecule has 0 spiro atoms. The van der Waals surface area contributed by atoms with Gasteiger partial charge >= 0.3 is 0 Å². The van der Waals surface area contributed by atoms with Gasteiger partial charge in [0.15, 0.2) is 0 Å². The molecule has 0 radical (unpaired) electrons. The van der Waals surface area contributed by atoms with Crippen LogP contribution < -0.4 is 0 Å². The third kappa shape index (κ3) is 1.63. The van der Waals surface area contributed by atoms with E-state index in [9.17, 15) is 4.79 Å². The number of Topliss-reactive ketones (excluding diaryl/α,β-unsaturated/α-hetero) is 1. The molecule has 3 rings (SSSR count). The number of nitrogens with zero attached hydrogens (tertiary/aromatic N) is 1. The van der Waals surface area contributed by atoms with E-state index in [2.05, 4.69) is 4.90 Å². The maximum atomic E-state index is 12.0. The number of likely N-dealkylation sites (tertiary alicyclic amines) is 1. The first-order valence-electron chi connectivity index (χ1n) is 6.64. The van der Waals surface area contributed by atoms with Crippen LogP contribution in [0.25, 0.3) is 0 Å². The van der Waals surface area contributed by atoms with Crippen molar-refractivity contribution in [2.45, 2.75) is 51.0 Å². The highest BCUT2D eigenvalue weighted by Crippen LogP contribution is 2.41. The van der Waals surface area contributed by atoms with Gasteiger partial charge in [0.05, 0.1) is 0 Å². The van der Waals surface area contributed by atoms with Crippen LogP contribution in [0.3, 0.4) is 0 Å².